The molecule has 1 amide bonds. The Morgan fingerprint density at radius 1 is 1.33 bits per heavy atom. The summed E-state index contributed by atoms with van der Waals surface area (Å²) in [7, 11) is 0. The van der Waals surface area contributed by atoms with E-state index in [2.05, 4.69) is 15.9 Å². The van der Waals surface area contributed by atoms with Gasteiger partial charge >= 0.3 is 5.97 Å². The summed E-state index contributed by atoms with van der Waals surface area (Å²) in [4.78, 5) is 37.0. The number of anilines is 1. The van der Waals surface area contributed by atoms with Crippen molar-refractivity contribution >= 4 is 39.3 Å². The van der Waals surface area contributed by atoms with Crippen LogP contribution in [0, 0.1) is 6.92 Å². The molecule has 1 heterocycles. The number of rotatable bonds is 5. The lowest BCUT2D eigenvalue weighted by atomic mass is 10.1. The highest BCUT2D eigenvalue weighted by Crippen LogP contribution is 2.34. The number of esters is 1. The van der Waals surface area contributed by atoms with Crippen LogP contribution in [0.4, 0.5) is 5.69 Å². The zero-order valence-electron chi connectivity index (χ0n) is 11.9. The minimum atomic E-state index is -0.682. The number of Topliss-reactive ketones (excluding diaryl/α,β-unsaturated/α-hetero) is 1. The number of benzene rings is 1. The number of ether oxygens (including phenoxy) is 1. The van der Waals surface area contributed by atoms with Crippen LogP contribution < -0.4 is 4.90 Å². The second-order valence-electron chi connectivity index (χ2n) is 4.91. The smallest absolute Gasteiger partial charge is 0.326 e. The van der Waals surface area contributed by atoms with Gasteiger partial charge in [0.25, 0.3) is 11.7 Å². The second kappa shape index (κ2) is 6.39. The number of carbonyl (C=O) groups is 3. The number of unbranched alkanes of at least 4 members (excludes halogenated alkanes) is 1. The number of fused-ring (bicyclic) bond motifs is 1. The summed E-state index contributed by atoms with van der Waals surface area (Å²) in [5.74, 6) is -1.77. The Kier molecular flexibility index (Phi) is 4.77. The maximum absolute atomic E-state index is 12.0. The Hall–Kier alpha value is -1.69. The maximum Gasteiger partial charge on any atom is 0.326 e. The van der Waals surface area contributed by atoms with Crippen molar-refractivity contribution in [2.24, 2.45) is 0 Å². The molecule has 0 aromatic heterocycles. The largest absolute Gasteiger partial charge is 0.464 e. The van der Waals surface area contributed by atoms with E-state index in [0.29, 0.717) is 17.9 Å². The van der Waals surface area contributed by atoms with Crippen molar-refractivity contribution < 1.29 is 19.1 Å². The van der Waals surface area contributed by atoms with Gasteiger partial charge in [-0.2, -0.15) is 0 Å². The fourth-order valence-corrected chi connectivity index (χ4v) is 2.83. The molecule has 0 fully saturated rings. The lowest BCUT2D eigenvalue weighted by Crippen LogP contribution is -2.35. The number of amides is 1. The molecular weight excluding hydrogens is 338 g/mol. The molecule has 1 aliphatic rings. The van der Waals surface area contributed by atoms with Gasteiger partial charge in [-0.15, -0.1) is 0 Å². The minimum Gasteiger partial charge on any atom is -0.464 e. The topological polar surface area (TPSA) is 63.7 Å². The third kappa shape index (κ3) is 3.15. The highest BCUT2D eigenvalue weighted by atomic mass is 79.9. The van der Waals surface area contributed by atoms with Gasteiger partial charge in [0.1, 0.15) is 6.54 Å². The SMILES string of the molecule is CCCCOC(=O)CN1C(=O)C(=O)c2cc(Br)cc(C)c21. The van der Waals surface area contributed by atoms with Crippen molar-refractivity contribution in [2.45, 2.75) is 26.7 Å². The van der Waals surface area contributed by atoms with Gasteiger partial charge in [0.2, 0.25) is 0 Å². The summed E-state index contributed by atoms with van der Waals surface area (Å²) in [5, 5.41) is 0. The molecule has 0 atom stereocenters. The van der Waals surface area contributed by atoms with Gasteiger partial charge in [-0.1, -0.05) is 29.3 Å². The Morgan fingerprint density at radius 2 is 2.05 bits per heavy atom. The standard InChI is InChI=1S/C15H16BrNO4/c1-3-4-5-21-12(18)8-17-13-9(2)6-10(16)7-11(13)14(19)15(17)20/h6-7H,3-5,8H2,1-2H3. The number of ketones is 1. The summed E-state index contributed by atoms with van der Waals surface area (Å²) >= 11 is 3.30. The quantitative estimate of drug-likeness (QED) is 0.463. The molecule has 2 rings (SSSR count). The number of aryl methyl sites for hydroxylation is 1. The average Bonchev–Trinajstić information content (AvgIpc) is 2.64. The van der Waals surface area contributed by atoms with Crippen LogP contribution in [0.5, 0.6) is 0 Å². The first kappa shape index (κ1) is 15.7. The molecule has 0 bridgehead atoms. The van der Waals surface area contributed by atoms with Crippen LogP contribution in [0.2, 0.25) is 0 Å². The van der Waals surface area contributed by atoms with Crippen molar-refractivity contribution in [3.05, 3.63) is 27.7 Å². The zero-order chi connectivity index (χ0) is 15.6. The molecule has 1 aliphatic heterocycles. The van der Waals surface area contributed by atoms with E-state index in [-0.39, 0.29) is 6.54 Å². The molecule has 0 radical (unpaired) electrons. The van der Waals surface area contributed by atoms with Gasteiger partial charge in [0.15, 0.2) is 0 Å². The summed E-state index contributed by atoms with van der Waals surface area (Å²) in [6.45, 7) is 3.89. The fraction of sp³-hybridized carbons (Fsp3) is 0.400. The summed E-state index contributed by atoms with van der Waals surface area (Å²) in [5.41, 5.74) is 1.59. The van der Waals surface area contributed by atoms with Crippen molar-refractivity contribution in [2.75, 3.05) is 18.1 Å². The van der Waals surface area contributed by atoms with E-state index >= 15 is 0 Å². The summed E-state index contributed by atoms with van der Waals surface area (Å²) < 4.78 is 5.78. The molecule has 6 heteroatoms. The molecule has 5 nitrogen and oxygen atoms in total. The van der Waals surface area contributed by atoms with Crippen molar-refractivity contribution in [3.63, 3.8) is 0 Å². The Morgan fingerprint density at radius 3 is 2.71 bits per heavy atom. The number of hydrogen-bond donors (Lipinski definition) is 0. The van der Waals surface area contributed by atoms with Crippen LogP contribution >= 0.6 is 15.9 Å². The van der Waals surface area contributed by atoms with Crippen molar-refractivity contribution in [3.8, 4) is 0 Å². The van der Waals surface area contributed by atoms with Gasteiger partial charge in [-0.3, -0.25) is 19.3 Å². The van der Waals surface area contributed by atoms with E-state index in [0.717, 1.165) is 22.9 Å². The van der Waals surface area contributed by atoms with E-state index in [1.54, 1.807) is 19.1 Å². The molecule has 0 saturated carbocycles. The van der Waals surface area contributed by atoms with E-state index in [4.69, 9.17) is 4.74 Å². The van der Waals surface area contributed by atoms with E-state index in [1.165, 1.54) is 4.90 Å². The van der Waals surface area contributed by atoms with Crippen LogP contribution in [-0.2, 0) is 14.3 Å². The molecule has 0 aliphatic carbocycles. The molecule has 0 saturated heterocycles. The van der Waals surface area contributed by atoms with Crippen LogP contribution in [0.25, 0.3) is 0 Å². The highest BCUT2D eigenvalue weighted by Gasteiger charge is 2.38. The first-order valence-electron chi connectivity index (χ1n) is 6.77. The monoisotopic (exact) mass is 353 g/mol. The first-order valence-corrected chi connectivity index (χ1v) is 7.57. The van der Waals surface area contributed by atoms with Crippen LogP contribution in [0.15, 0.2) is 16.6 Å². The Bertz CT molecular complexity index is 612. The molecular formula is C15H16BrNO4. The van der Waals surface area contributed by atoms with Gasteiger partial charge in [-0.05, 0) is 31.0 Å². The van der Waals surface area contributed by atoms with Crippen molar-refractivity contribution in [1.29, 1.82) is 0 Å². The zero-order valence-corrected chi connectivity index (χ0v) is 13.5. The lowest BCUT2D eigenvalue weighted by Gasteiger charge is -2.17. The van der Waals surface area contributed by atoms with E-state index in [9.17, 15) is 14.4 Å². The Balaban J connectivity index is 2.21. The van der Waals surface area contributed by atoms with Crippen LogP contribution in [0.3, 0.4) is 0 Å². The lowest BCUT2D eigenvalue weighted by molar-refractivity contribution is -0.142. The van der Waals surface area contributed by atoms with Gasteiger partial charge < -0.3 is 4.74 Å². The molecule has 0 spiro atoms. The molecule has 21 heavy (non-hydrogen) atoms. The number of hydrogen-bond acceptors (Lipinski definition) is 4. The normalized spacial score (nSPS) is 13.6. The minimum absolute atomic E-state index is 0.232. The molecule has 1 aromatic rings. The van der Waals surface area contributed by atoms with Crippen LogP contribution in [0.1, 0.15) is 35.7 Å². The Labute approximate surface area is 131 Å². The van der Waals surface area contributed by atoms with E-state index < -0.39 is 17.7 Å². The predicted octanol–water partition coefficient (Wildman–Crippen LogP) is 2.63. The number of halogens is 1. The number of carbonyl (C=O) groups excluding carboxylic acids is 3. The summed E-state index contributed by atoms with van der Waals surface area (Å²) in [6.07, 6.45) is 1.70. The third-order valence-electron chi connectivity index (χ3n) is 3.27. The predicted molar refractivity (Wildman–Crippen MR) is 81.4 cm³/mol. The summed E-state index contributed by atoms with van der Waals surface area (Å²) in [6, 6.07) is 3.41. The van der Waals surface area contributed by atoms with E-state index in [1.807, 2.05) is 6.92 Å². The van der Waals surface area contributed by atoms with Crippen molar-refractivity contribution in [1.82, 2.24) is 0 Å². The van der Waals surface area contributed by atoms with Gasteiger partial charge in [-0.25, -0.2) is 0 Å². The molecule has 0 unspecified atom stereocenters. The molecule has 0 N–H and O–H groups in total. The fourth-order valence-electron chi connectivity index (χ4n) is 2.26. The maximum atomic E-state index is 12.0. The molecule has 1 aromatic carbocycles. The van der Waals surface area contributed by atoms with Gasteiger partial charge in [0, 0.05) is 4.47 Å². The third-order valence-corrected chi connectivity index (χ3v) is 3.73. The first-order chi connectivity index (χ1) is 9.95. The highest BCUT2D eigenvalue weighted by molar-refractivity contribution is 9.10. The second-order valence-corrected chi connectivity index (χ2v) is 5.83. The molecule has 112 valence electrons. The van der Waals surface area contributed by atoms with Gasteiger partial charge in [0.05, 0.1) is 17.9 Å². The number of nitrogens with zero attached hydrogens (tertiary/aromatic N) is 1. The van der Waals surface area contributed by atoms with Crippen LogP contribution in [-0.4, -0.2) is 30.8 Å². The average molecular weight is 354 g/mol.